The Bertz CT molecular complexity index is 1130. The number of aromatic nitrogens is 7. The van der Waals surface area contributed by atoms with Gasteiger partial charge in [-0.05, 0) is 55.2 Å². The molecule has 0 N–H and O–H groups in total. The van der Waals surface area contributed by atoms with Crippen molar-refractivity contribution in [3.05, 3.63) is 54.4 Å². The van der Waals surface area contributed by atoms with Gasteiger partial charge in [-0.15, -0.1) is 25.5 Å². The average Bonchev–Trinajstić information content (AvgIpc) is 3.35. The number of aryl methyl sites for hydroxylation is 1. The van der Waals surface area contributed by atoms with Gasteiger partial charge in [0, 0.05) is 32.1 Å². The smallest absolute Gasteiger partial charge is 0.185 e. The molecule has 0 unspecified atom stereocenters. The molecule has 3 aromatic heterocycles. The summed E-state index contributed by atoms with van der Waals surface area (Å²) in [7, 11) is 1.99. The summed E-state index contributed by atoms with van der Waals surface area (Å²) in [5.41, 5.74) is 1.45. The van der Waals surface area contributed by atoms with Gasteiger partial charge >= 0.3 is 0 Å². The Labute approximate surface area is 167 Å². The minimum Gasteiger partial charge on any atom is -0.355 e. The van der Waals surface area contributed by atoms with E-state index in [-0.39, 0.29) is 5.82 Å². The summed E-state index contributed by atoms with van der Waals surface area (Å²) in [6.07, 6.45) is 4.87. The molecule has 8 nitrogen and oxygen atoms in total. The molecule has 0 saturated carbocycles. The third-order valence-electron chi connectivity index (χ3n) is 5.57. The summed E-state index contributed by atoms with van der Waals surface area (Å²) >= 11 is 0. The van der Waals surface area contributed by atoms with Gasteiger partial charge in [-0.1, -0.05) is 0 Å². The molecule has 1 aromatic carbocycles. The van der Waals surface area contributed by atoms with E-state index >= 15 is 0 Å². The van der Waals surface area contributed by atoms with Crippen molar-refractivity contribution >= 4 is 11.5 Å². The molecule has 1 aliphatic rings. The van der Waals surface area contributed by atoms with Crippen molar-refractivity contribution < 1.29 is 4.39 Å². The highest BCUT2D eigenvalue weighted by Gasteiger charge is 2.22. The van der Waals surface area contributed by atoms with Gasteiger partial charge in [0.05, 0.1) is 0 Å². The van der Waals surface area contributed by atoms with Crippen molar-refractivity contribution in [2.75, 3.05) is 18.0 Å². The normalized spacial score (nSPS) is 15.3. The molecule has 9 heteroatoms. The zero-order valence-electron chi connectivity index (χ0n) is 16.1. The fourth-order valence-corrected chi connectivity index (χ4v) is 3.84. The van der Waals surface area contributed by atoms with Crippen LogP contribution in [-0.4, -0.2) is 47.7 Å². The van der Waals surface area contributed by atoms with Crippen LogP contribution in [0.4, 0.5) is 10.2 Å². The molecular weight excluding hydrogens is 371 g/mol. The van der Waals surface area contributed by atoms with E-state index in [4.69, 9.17) is 5.10 Å². The fraction of sp³-hybridized carbons (Fsp3) is 0.350. The molecule has 0 aliphatic carbocycles. The first-order valence-electron chi connectivity index (χ1n) is 9.73. The van der Waals surface area contributed by atoms with Crippen LogP contribution in [0.5, 0.6) is 0 Å². The van der Waals surface area contributed by atoms with Gasteiger partial charge in [-0.2, -0.15) is 4.52 Å². The van der Waals surface area contributed by atoms with Crippen LogP contribution in [0.25, 0.3) is 17.0 Å². The van der Waals surface area contributed by atoms with Crippen LogP contribution in [0.2, 0.25) is 0 Å². The molecule has 0 amide bonds. The number of fused-ring (bicyclic) bond motifs is 1. The van der Waals surface area contributed by atoms with Gasteiger partial charge in [-0.3, -0.25) is 0 Å². The van der Waals surface area contributed by atoms with Crippen LogP contribution in [0.15, 0.2) is 42.7 Å². The first-order valence-corrected chi connectivity index (χ1v) is 9.73. The molecule has 29 heavy (non-hydrogen) atoms. The second kappa shape index (κ2) is 7.23. The summed E-state index contributed by atoms with van der Waals surface area (Å²) in [4.78, 5) is 2.29. The SMILES string of the molecule is Cn1cnnc1CC1CCN(c2ccc3nnc(-c4ccc(F)cc4)n3n2)CC1. The molecule has 0 atom stereocenters. The fourth-order valence-electron chi connectivity index (χ4n) is 3.84. The van der Waals surface area contributed by atoms with Crippen molar-refractivity contribution in [2.24, 2.45) is 13.0 Å². The lowest BCUT2D eigenvalue weighted by molar-refractivity contribution is 0.391. The maximum absolute atomic E-state index is 13.2. The van der Waals surface area contributed by atoms with E-state index < -0.39 is 0 Å². The van der Waals surface area contributed by atoms with E-state index in [0.717, 1.165) is 49.6 Å². The second-order valence-electron chi connectivity index (χ2n) is 7.48. The number of nitrogens with zero attached hydrogens (tertiary/aromatic N) is 8. The number of hydrogen-bond donors (Lipinski definition) is 0. The number of piperidine rings is 1. The highest BCUT2D eigenvalue weighted by molar-refractivity contribution is 5.59. The van der Waals surface area contributed by atoms with Crippen LogP contribution >= 0.6 is 0 Å². The van der Waals surface area contributed by atoms with Crippen LogP contribution < -0.4 is 4.90 Å². The molecule has 4 heterocycles. The first kappa shape index (κ1) is 17.7. The number of halogens is 1. The van der Waals surface area contributed by atoms with Crippen molar-refractivity contribution in [2.45, 2.75) is 19.3 Å². The van der Waals surface area contributed by atoms with Crippen molar-refractivity contribution in [1.29, 1.82) is 0 Å². The summed E-state index contributed by atoms with van der Waals surface area (Å²) in [6.45, 7) is 1.88. The van der Waals surface area contributed by atoms with Crippen molar-refractivity contribution in [3.63, 3.8) is 0 Å². The minimum absolute atomic E-state index is 0.277. The van der Waals surface area contributed by atoms with E-state index in [0.29, 0.717) is 17.4 Å². The zero-order valence-corrected chi connectivity index (χ0v) is 16.1. The largest absolute Gasteiger partial charge is 0.355 e. The van der Waals surface area contributed by atoms with Crippen LogP contribution in [0.1, 0.15) is 18.7 Å². The molecule has 0 spiro atoms. The topological polar surface area (TPSA) is 77.0 Å². The number of anilines is 1. The number of benzene rings is 1. The zero-order chi connectivity index (χ0) is 19.8. The maximum atomic E-state index is 13.2. The van der Waals surface area contributed by atoms with Crippen LogP contribution in [0.3, 0.4) is 0 Å². The molecule has 148 valence electrons. The van der Waals surface area contributed by atoms with E-state index in [1.54, 1.807) is 23.0 Å². The Morgan fingerprint density at radius 3 is 2.52 bits per heavy atom. The third kappa shape index (κ3) is 3.43. The number of hydrogen-bond acceptors (Lipinski definition) is 6. The van der Waals surface area contributed by atoms with E-state index in [9.17, 15) is 4.39 Å². The number of rotatable bonds is 4. The summed E-state index contributed by atoms with van der Waals surface area (Å²) in [6, 6.07) is 10.1. The van der Waals surface area contributed by atoms with E-state index in [1.807, 2.05) is 23.7 Å². The van der Waals surface area contributed by atoms with E-state index in [1.165, 1.54) is 12.1 Å². The first-order chi connectivity index (χ1) is 14.2. The summed E-state index contributed by atoms with van der Waals surface area (Å²) in [5.74, 6) is 2.87. The lowest BCUT2D eigenvalue weighted by Crippen LogP contribution is -2.35. The predicted octanol–water partition coefficient (Wildman–Crippen LogP) is 2.52. The molecule has 5 rings (SSSR count). The Hall–Kier alpha value is -3.36. The molecule has 1 saturated heterocycles. The summed E-state index contributed by atoms with van der Waals surface area (Å²) < 4.78 is 17.0. The van der Waals surface area contributed by atoms with Gasteiger partial charge in [0.2, 0.25) is 0 Å². The highest BCUT2D eigenvalue weighted by atomic mass is 19.1. The third-order valence-corrected chi connectivity index (χ3v) is 5.57. The summed E-state index contributed by atoms with van der Waals surface area (Å²) in [5, 5.41) is 21.4. The van der Waals surface area contributed by atoms with Crippen LogP contribution in [-0.2, 0) is 13.5 Å². The van der Waals surface area contributed by atoms with Crippen molar-refractivity contribution in [3.8, 4) is 11.4 Å². The second-order valence-corrected chi connectivity index (χ2v) is 7.48. The average molecular weight is 392 g/mol. The monoisotopic (exact) mass is 392 g/mol. The van der Waals surface area contributed by atoms with Gasteiger partial charge in [0.15, 0.2) is 11.5 Å². The molecule has 0 radical (unpaired) electrons. The minimum atomic E-state index is -0.277. The maximum Gasteiger partial charge on any atom is 0.185 e. The van der Waals surface area contributed by atoms with Gasteiger partial charge < -0.3 is 9.47 Å². The lowest BCUT2D eigenvalue weighted by atomic mass is 9.93. The lowest BCUT2D eigenvalue weighted by Gasteiger charge is -2.32. The molecule has 1 aliphatic heterocycles. The standard InChI is InChI=1S/C20H21FN8/c1-27-13-22-23-19(27)12-14-8-10-28(11-9-14)18-7-6-17-24-25-20(29(17)26-18)15-2-4-16(21)5-3-15/h2-7,13-14H,8-12H2,1H3. The Balaban J connectivity index is 1.34. The van der Waals surface area contributed by atoms with Gasteiger partial charge in [0.1, 0.15) is 23.8 Å². The molecule has 4 aromatic rings. The Morgan fingerprint density at radius 2 is 1.79 bits per heavy atom. The van der Waals surface area contributed by atoms with Gasteiger partial charge in [0.25, 0.3) is 0 Å². The van der Waals surface area contributed by atoms with Gasteiger partial charge in [-0.25, -0.2) is 4.39 Å². The molecule has 0 bridgehead atoms. The predicted molar refractivity (Wildman–Crippen MR) is 106 cm³/mol. The van der Waals surface area contributed by atoms with Crippen LogP contribution in [0, 0.1) is 11.7 Å². The van der Waals surface area contributed by atoms with Crippen molar-refractivity contribution in [1.82, 2.24) is 34.6 Å². The molecular formula is C20H21FN8. The molecule has 1 fully saturated rings. The Morgan fingerprint density at radius 1 is 1.00 bits per heavy atom. The Kier molecular flexibility index (Phi) is 4.42. The highest BCUT2D eigenvalue weighted by Crippen LogP contribution is 2.25. The van der Waals surface area contributed by atoms with E-state index in [2.05, 4.69) is 25.3 Å². The quantitative estimate of drug-likeness (QED) is 0.531.